The van der Waals surface area contributed by atoms with Crippen molar-refractivity contribution in [3.05, 3.63) is 89.0 Å². The van der Waals surface area contributed by atoms with Crippen molar-refractivity contribution < 1.29 is 14.3 Å². The molecule has 3 aromatic carbocycles. The summed E-state index contributed by atoms with van der Waals surface area (Å²) in [6, 6.07) is 21.0. The Labute approximate surface area is 233 Å². The second-order valence-corrected chi connectivity index (χ2v) is 10.8. The summed E-state index contributed by atoms with van der Waals surface area (Å²) in [7, 11) is 3.51. The van der Waals surface area contributed by atoms with E-state index >= 15 is 0 Å². The maximum absolute atomic E-state index is 14.0. The van der Waals surface area contributed by atoms with E-state index in [0.29, 0.717) is 19.5 Å². The van der Waals surface area contributed by atoms with E-state index in [2.05, 4.69) is 39.1 Å². The Bertz CT molecular complexity index is 1530. The largest absolute Gasteiger partial charge is 0.497 e. The van der Waals surface area contributed by atoms with Gasteiger partial charge >= 0.3 is 0 Å². The molecule has 2 N–H and O–H groups in total. The number of aromatic nitrogens is 3. The van der Waals surface area contributed by atoms with Crippen molar-refractivity contribution in [2.75, 3.05) is 20.2 Å². The van der Waals surface area contributed by atoms with Crippen molar-refractivity contribution in [3.63, 3.8) is 0 Å². The fraction of sp³-hybridized carbons (Fsp3) is 0.355. The van der Waals surface area contributed by atoms with Crippen LogP contribution < -0.4 is 15.4 Å². The summed E-state index contributed by atoms with van der Waals surface area (Å²) < 4.78 is 7.02. The monoisotopic (exact) mass is 538 g/mol. The van der Waals surface area contributed by atoms with E-state index in [1.807, 2.05) is 55.6 Å². The number of fused-ring (bicyclic) bond motifs is 2. The van der Waals surface area contributed by atoms with Crippen LogP contribution in [-0.4, -0.2) is 57.9 Å². The fourth-order valence-corrected chi connectivity index (χ4v) is 6.05. The molecule has 6 rings (SSSR count). The number of hydrogen-bond acceptors (Lipinski definition) is 6. The molecule has 0 aliphatic carbocycles. The molecule has 9 heteroatoms. The second-order valence-electron chi connectivity index (χ2n) is 10.8. The third-order valence-electron chi connectivity index (χ3n) is 8.15. The van der Waals surface area contributed by atoms with Gasteiger partial charge in [-0.3, -0.25) is 9.59 Å². The van der Waals surface area contributed by atoms with Gasteiger partial charge in [0.1, 0.15) is 23.3 Å². The fourth-order valence-electron chi connectivity index (χ4n) is 6.05. The molecule has 2 amide bonds. The first kappa shape index (κ1) is 26.0. The van der Waals surface area contributed by atoms with Gasteiger partial charge in [-0.05, 0) is 71.7 Å². The molecule has 3 heterocycles. The highest BCUT2D eigenvalue weighted by Crippen LogP contribution is 2.32. The molecular weight excluding hydrogens is 504 g/mol. The van der Waals surface area contributed by atoms with Crippen molar-refractivity contribution in [1.29, 1.82) is 0 Å². The summed E-state index contributed by atoms with van der Waals surface area (Å²) in [6.07, 6.45) is 2.29. The summed E-state index contributed by atoms with van der Waals surface area (Å²) in [6.45, 7) is 1.63. The minimum Gasteiger partial charge on any atom is -0.497 e. The lowest BCUT2D eigenvalue weighted by molar-refractivity contribution is -0.140. The Morgan fingerprint density at radius 3 is 2.70 bits per heavy atom. The second kappa shape index (κ2) is 11.1. The van der Waals surface area contributed by atoms with Gasteiger partial charge < -0.3 is 20.3 Å². The van der Waals surface area contributed by atoms with E-state index in [1.54, 1.807) is 16.7 Å². The Morgan fingerprint density at radius 1 is 1.07 bits per heavy atom. The van der Waals surface area contributed by atoms with Crippen LogP contribution in [-0.2, 0) is 36.0 Å². The molecule has 2 aliphatic heterocycles. The van der Waals surface area contributed by atoms with Crippen LogP contribution in [0.1, 0.15) is 34.7 Å². The van der Waals surface area contributed by atoms with Crippen LogP contribution in [0, 0.1) is 5.92 Å². The van der Waals surface area contributed by atoms with Crippen LogP contribution in [0.25, 0.3) is 11.0 Å². The first-order valence-corrected chi connectivity index (χ1v) is 13.8. The van der Waals surface area contributed by atoms with Crippen LogP contribution in [0.5, 0.6) is 5.75 Å². The average molecular weight is 539 g/mol. The molecule has 9 nitrogen and oxygen atoms in total. The maximum atomic E-state index is 14.0. The smallest absolute Gasteiger partial charge is 0.245 e. The molecule has 0 unspecified atom stereocenters. The first-order valence-electron chi connectivity index (χ1n) is 13.8. The van der Waals surface area contributed by atoms with Gasteiger partial charge in [0.05, 0.1) is 12.6 Å². The van der Waals surface area contributed by atoms with Gasteiger partial charge in [-0.1, -0.05) is 47.7 Å². The third kappa shape index (κ3) is 5.16. The highest BCUT2D eigenvalue weighted by atomic mass is 16.5. The van der Waals surface area contributed by atoms with Gasteiger partial charge in [-0.25, -0.2) is 4.68 Å². The number of carbonyl (C=O) groups excluding carboxylic acids is 2. The minimum atomic E-state index is -0.535. The molecule has 2 aliphatic rings. The van der Waals surface area contributed by atoms with Crippen LogP contribution in [0.2, 0.25) is 0 Å². The molecule has 1 fully saturated rings. The molecule has 0 radical (unpaired) electrons. The van der Waals surface area contributed by atoms with Crippen molar-refractivity contribution in [2.45, 2.75) is 37.9 Å². The SMILES string of the molecule is COc1ccc(C[C@@H]2C[C@@H](C(=O)NCc3ccc4c(c3)nnn4C)N(C(=O)[C@@H]3NCCc4ccccc43)C2)cc1. The van der Waals surface area contributed by atoms with Gasteiger partial charge in [0.15, 0.2) is 0 Å². The predicted octanol–water partition coefficient (Wildman–Crippen LogP) is 2.94. The van der Waals surface area contributed by atoms with Crippen molar-refractivity contribution in [2.24, 2.45) is 13.0 Å². The zero-order chi connectivity index (χ0) is 27.6. The number of rotatable bonds is 7. The summed E-state index contributed by atoms with van der Waals surface area (Å²) in [5, 5.41) is 14.7. The van der Waals surface area contributed by atoms with E-state index in [-0.39, 0.29) is 17.7 Å². The lowest BCUT2D eigenvalue weighted by atomic mass is 9.93. The molecule has 3 atom stereocenters. The van der Waals surface area contributed by atoms with Crippen molar-refractivity contribution in [3.8, 4) is 5.75 Å². The summed E-state index contributed by atoms with van der Waals surface area (Å²) in [5.41, 5.74) is 6.02. The summed E-state index contributed by atoms with van der Waals surface area (Å²) in [4.78, 5) is 29.5. The zero-order valence-electron chi connectivity index (χ0n) is 22.8. The molecule has 0 saturated carbocycles. The molecule has 1 aromatic heterocycles. The van der Waals surface area contributed by atoms with E-state index in [0.717, 1.165) is 52.9 Å². The standard InChI is InChI=1S/C31H34N6O3/c1-36-27-12-9-21(16-26(27)34-35-36)18-33-30(38)28-17-22(15-20-7-10-24(40-2)11-8-20)19-37(28)31(39)29-25-6-4-3-5-23(25)13-14-32-29/h3-12,16,22,28-29,32H,13-15,17-19H2,1-2H3,(H,33,38)/t22-,28+,29-/m1/s1. The molecule has 4 aromatic rings. The molecule has 0 bridgehead atoms. The lowest BCUT2D eigenvalue weighted by Crippen LogP contribution is -2.50. The topological polar surface area (TPSA) is 101 Å². The van der Waals surface area contributed by atoms with Gasteiger partial charge in [-0.15, -0.1) is 5.10 Å². The number of methoxy groups -OCH3 is 1. The van der Waals surface area contributed by atoms with Gasteiger partial charge in [-0.2, -0.15) is 0 Å². The number of nitrogens with one attached hydrogen (secondary N) is 2. The normalized spacial score (nSPS) is 20.4. The predicted molar refractivity (Wildman–Crippen MR) is 152 cm³/mol. The molecule has 1 saturated heterocycles. The third-order valence-corrected chi connectivity index (χ3v) is 8.15. The highest BCUT2D eigenvalue weighted by Gasteiger charge is 2.42. The Balaban J connectivity index is 1.21. The zero-order valence-corrected chi connectivity index (χ0v) is 22.8. The quantitative estimate of drug-likeness (QED) is 0.375. The maximum Gasteiger partial charge on any atom is 0.245 e. The van der Waals surface area contributed by atoms with E-state index in [9.17, 15) is 9.59 Å². The van der Waals surface area contributed by atoms with Crippen LogP contribution in [0.15, 0.2) is 66.7 Å². The number of hydrogen-bond donors (Lipinski definition) is 2. The number of likely N-dealkylation sites (tertiary alicyclic amines) is 1. The number of carbonyl (C=O) groups is 2. The summed E-state index contributed by atoms with van der Waals surface area (Å²) >= 11 is 0. The molecule has 0 spiro atoms. The number of benzene rings is 3. The van der Waals surface area contributed by atoms with E-state index < -0.39 is 12.1 Å². The molecular formula is C31H34N6O3. The van der Waals surface area contributed by atoms with Crippen molar-refractivity contribution >= 4 is 22.8 Å². The van der Waals surface area contributed by atoms with Gasteiger partial charge in [0.25, 0.3) is 0 Å². The molecule has 206 valence electrons. The Kier molecular flexibility index (Phi) is 7.21. The lowest BCUT2D eigenvalue weighted by Gasteiger charge is -2.32. The Morgan fingerprint density at radius 2 is 1.88 bits per heavy atom. The van der Waals surface area contributed by atoms with Gasteiger partial charge in [0, 0.05) is 26.7 Å². The highest BCUT2D eigenvalue weighted by molar-refractivity contribution is 5.91. The number of amides is 2. The van der Waals surface area contributed by atoms with Crippen LogP contribution in [0.3, 0.4) is 0 Å². The van der Waals surface area contributed by atoms with E-state index in [1.165, 1.54) is 5.56 Å². The van der Waals surface area contributed by atoms with Gasteiger partial charge in [0.2, 0.25) is 11.8 Å². The number of aryl methyl sites for hydroxylation is 1. The summed E-state index contributed by atoms with van der Waals surface area (Å²) in [5.74, 6) is 0.813. The van der Waals surface area contributed by atoms with Crippen molar-refractivity contribution in [1.82, 2.24) is 30.5 Å². The number of ether oxygens (including phenoxy) is 1. The first-order chi connectivity index (χ1) is 19.5. The number of nitrogens with zero attached hydrogens (tertiary/aromatic N) is 4. The Hall–Kier alpha value is -4.24. The molecule has 40 heavy (non-hydrogen) atoms. The van der Waals surface area contributed by atoms with Crippen LogP contribution >= 0.6 is 0 Å². The van der Waals surface area contributed by atoms with E-state index in [4.69, 9.17) is 4.74 Å². The average Bonchev–Trinajstić information content (AvgIpc) is 3.58. The van der Waals surface area contributed by atoms with Crippen LogP contribution in [0.4, 0.5) is 0 Å². The minimum absolute atomic E-state index is 0.0366.